The Balaban J connectivity index is 2.53. The lowest BCUT2D eigenvalue weighted by atomic mass is 9.76. The quantitative estimate of drug-likeness (QED) is 0.697. The molecule has 1 heterocycles. The van der Waals surface area contributed by atoms with Crippen LogP contribution >= 0.6 is 0 Å². The Morgan fingerprint density at radius 3 is 2.81 bits per heavy atom. The largest absolute Gasteiger partial charge is 0.344 e. The topological polar surface area (TPSA) is 22.0 Å². The third-order valence-corrected chi connectivity index (χ3v) is 3.31. The van der Waals surface area contributed by atoms with E-state index in [-0.39, 0.29) is 11.2 Å². The summed E-state index contributed by atoms with van der Waals surface area (Å²) in [4.78, 5) is 12.0. The molecule has 0 aromatic carbocycles. The molecule has 0 bridgehead atoms. The van der Waals surface area contributed by atoms with Gasteiger partial charge in [0.1, 0.15) is 0 Å². The minimum absolute atomic E-state index is 0.0911. The fourth-order valence-corrected chi connectivity index (χ4v) is 2.59. The average molecular weight is 217 g/mol. The van der Waals surface area contributed by atoms with E-state index in [1.807, 2.05) is 12.1 Å². The van der Waals surface area contributed by atoms with Gasteiger partial charge in [-0.2, -0.15) is 0 Å². The Labute approximate surface area is 97.0 Å². The van der Waals surface area contributed by atoms with Crippen LogP contribution in [0.2, 0.25) is 0 Å². The number of aromatic nitrogens is 1. The van der Waals surface area contributed by atoms with Crippen molar-refractivity contribution in [3.63, 3.8) is 0 Å². The smallest absolute Gasteiger partial charge is 0.165 e. The number of aryl methyl sites for hydroxylation is 1. The maximum Gasteiger partial charge on any atom is 0.165 e. The van der Waals surface area contributed by atoms with E-state index in [9.17, 15) is 4.79 Å². The fourth-order valence-electron chi connectivity index (χ4n) is 2.59. The van der Waals surface area contributed by atoms with Crippen LogP contribution in [0.5, 0.6) is 0 Å². The molecule has 0 atom stereocenters. The highest BCUT2D eigenvalue weighted by Gasteiger charge is 2.33. The first-order chi connectivity index (χ1) is 7.44. The van der Waals surface area contributed by atoms with Gasteiger partial charge in [-0.15, -0.1) is 6.58 Å². The highest BCUT2D eigenvalue weighted by Crippen LogP contribution is 2.36. The molecule has 0 spiro atoms. The van der Waals surface area contributed by atoms with Gasteiger partial charge in [-0.3, -0.25) is 4.79 Å². The Morgan fingerprint density at radius 1 is 1.50 bits per heavy atom. The van der Waals surface area contributed by atoms with Gasteiger partial charge in [0.05, 0.1) is 0 Å². The maximum atomic E-state index is 12.0. The van der Waals surface area contributed by atoms with Gasteiger partial charge in [-0.25, -0.2) is 0 Å². The normalized spacial score (nSPS) is 18.3. The van der Waals surface area contributed by atoms with E-state index in [1.54, 1.807) is 0 Å². The Kier molecular flexibility index (Phi) is 2.53. The highest BCUT2D eigenvalue weighted by molar-refractivity contribution is 5.99. The van der Waals surface area contributed by atoms with Gasteiger partial charge in [0.25, 0.3) is 0 Å². The van der Waals surface area contributed by atoms with E-state index in [1.165, 1.54) is 5.69 Å². The predicted octanol–water partition coefficient (Wildman–Crippen LogP) is 3.14. The summed E-state index contributed by atoms with van der Waals surface area (Å²) in [6, 6.07) is 2.02. The van der Waals surface area contributed by atoms with E-state index in [2.05, 4.69) is 31.9 Å². The first-order valence-electron chi connectivity index (χ1n) is 5.78. The van der Waals surface area contributed by atoms with Crippen molar-refractivity contribution < 1.29 is 4.79 Å². The van der Waals surface area contributed by atoms with Crippen LogP contribution in [0.15, 0.2) is 18.7 Å². The second kappa shape index (κ2) is 3.62. The second-order valence-corrected chi connectivity index (χ2v) is 5.49. The zero-order valence-electron chi connectivity index (χ0n) is 10.3. The van der Waals surface area contributed by atoms with Crippen molar-refractivity contribution in [1.82, 2.24) is 4.57 Å². The first kappa shape index (κ1) is 11.2. The van der Waals surface area contributed by atoms with Crippen LogP contribution in [-0.2, 0) is 13.0 Å². The lowest BCUT2D eigenvalue weighted by Crippen LogP contribution is -2.28. The fraction of sp³-hybridized carbons (Fsp3) is 0.500. The van der Waals surface area contributed by atoms with Gasteiger partial charge < -0.3 is 4.57 Å². The molecule has 1 aromatic heterocycles. The number of allylic oxidation sites excluding steroid dienone is 1. The standard InChI is InChI=1S/C14H19NO/c1-5-6-15-10(2)7-11-12(15)8-14(3,4)9-13(11)16/h5,7H,1,6,8-9H2,2-4H3. The number of hydrogen-bond acceptors (Lipinski definition) is 1. The summed E-state index contributed by atoms with van der Waals surface area (Å²) in [5.74, 6) is 0.289. The van der Waals surface area contributed by atoms with Gasteiger partial charge in [0.15, 0.2) is 5.78 Å². The molecule has 16 heavy (non-hydrogen) atoms. The first-order valence-corrected chi connectivity index (χ1v) is 5.78. The summed E-state index contributed by atoms with van der Waals surface area (Å²) in [6.07, 6.45) is 3.53. The van der Waals surface area contributed by atoms with Gasteiger partial charge in [-0.1, -0.05) is 19.9 Å². The van der Waals surface area contributed by atoms with Crippen LogP contribution in [0.25, 0.3) is 0 Å². The van der Waals surface area contributed by atoms with Gasteiger partial charge in [0.2, 0.25) is 0 Å². The summed E-state index contributed by atoms with van der Waals surface area (Å²) in [6.45, 7) is 11.0. The van der Waals surface area contributed by atoms with Crippen LogP contribution in [-0.4, -0.2) is 10.4 Å². The van der Waals surface area contributed by atoms with Crippen molar-refractivity contribution in [2.45, 2.75) is 40.2 Å². The molecule has 1 aromatic rings. The van der Waals surface area contributed by atoms with Crippen molar-refractivity contribution in [3.8, 4) is 0 Å². The van der Waals surface area contributed by atoms with Crippen LogP contribution in [0.1, 0.15) is 42.0 Å². The maximum absolute atomic E-state index is 12.0. The number of hydrogen-bond donors (Lipinski definition) is 0. The predicted molar refractivity (Wildman–Crippen MR) is 65.8 cm³/mol. The van der Waals surface area contributed by atoms with Crippen molar-refractivity contribution in [2.24, 2.45) is 5.41 Å². The zero-order chi connectivity index (χ0) is 11.9. The van der Waals surface area contributed by atoms with Gasteiger partial charge in [0, 0.05) is 29.9 Å². The highest BCUT2D eigenvalue weighted by atomic mass is 16.1. The lowest BCUT2D eigenvalue weighted by Gasteiger charge is -2.29. The molecule has 0 amide bonds. The molecular formula is C14H19NO. The molecule has 2 nitrogen and oxygen atoms in total. The van der Waals surface area contributed by atoms with Crippen LogP contribution in [0, 0.1) is 12.3 Å². The van der Waals surface area contributed by atoms with Crippen LogP contribution in [0.3, 0.4) is 0 Å². The molecule has 0 saturated heterocycles. The summed E-state index contributed by atoms with van der Waals surface area (Å²) in [7, 11) is 0. The summed E-state index contributed by atoms with van der Waals surface area (Å²) >= 11 is 0. The van der Waals surface area contributed by atoms with Crippen LogP contribution in [0.4, 0.5) is 0 Å². The van der Waals surface area contributed by atoms with Crippen molar-refractivity contribution >= 4 is 5.78 Å². The van der Waals surface area contributed by atoms with Crippen LogP contribution < -0.4 is 0 Å². The molecule has 0 radical (unpaired) electrons. The van der Waals surface area contributed by atoms with E-state index < -0.39 is 0 Å². The average Bonchev–Trinajstić information content (AvgIpc) is 2.44. The molecule has 0 fully saturated rings. The molecule has 1 aliphatic carbocycles. The van der Waals surface area contributed by atoms with E-state index >= 15 is 0 Å². The van der Waals surface area contributed by atoms with Gasteiger partial charge in [-0.05, 0) is 24.8 Å². The Bertz CT molecular complexity index is 452. The number of fused-ring (bicyclic) bond motifs is 1. The molecule has 0 aliphatic heterocycles. The zero-order valence-corrected chi connectivity index (χ0v) is 10.3. The number of carbonyl (C=O) groups is 1. The van der Waals surface area contributed by atoms with E-state index in [0.29, 0.717) is 6.42 Å². The number of carbonyl (C=O) groups excluding carboxylic acids is 1. The van der Waals surface area contributed by atoms with Crippen molar-refractivity contribution in [2.75, 3.05) is 0 Å². The molecule has 0 unspecified atom stereocenters. The van der Waals surface area contributed by atoms with Crippen molar-refractivity contribution in [1.29, 1.82) is 0 Å². The molecule has 1 aliphatic rings. The number of ketones is 1. The lowest BCUT2D eigenvalue weighted by molar-refractivity contribution is 0.0910. The number of nitrogens with zero attached hydrogens (tertiary/aromatic N) is 1. The van der Waals surface area contributed by atoms with Crippen molar-refractivity contribution in [3.05, 3.63) is 35.7 Å². The molecule has 0 saturated carbocycles. The molecule has 86 valence electrons. The third kappa shape index (κ3) is 1.73. The number of rotatable bonds is 2. The van der Waals surface area contributed by atoms with E-state index in [0.717, 1.165) is 24.2 Å². The monoisotopic (exact) mass is 217 g/mol. The molecule has 2 heteroatoms. The third-order valence-electron chi connectivity index (χ3n) is 3.31. The number of Topliss-reactive ketones (excluding diaryl/α,β-unsaturated/α-hetero) is 1. The Morgan fingerprint density at radius 2 is 2.19 bits per heavy atom. The Hall–Kier alpha value is -1.31. The minimum Gasteiger partial charge on any atom is -0.344 e. The summed E-state index contributed by atoms with van der Waals surface area (Å²) in [5.41, 5.74) is 3.38. The molecule has 0 N–H and O–H groups in total. The molecular weight excluding hydrogens is 198 g/mol. The minimum atomic E-state index is 0.0911. The second-order valence-electron chi connectivity index (χ2n) is 5.49. The molecule has 2 rings (SSSR count). The SMILES string of the molecule is C=CCn1c(C)cc2c1CC(C)(C)CC2=O. The summed E-state index contributed by atoms with van der Waals surface area (Å²) in [5, 5.41) is 0. The van der Waals surface area contributed by atoms with E-state index in [4.69, 9.17) is 0 Å². The van der Waals surface area contributed by atoms with Gasteiger partial charge >= 0.3 is 0 Å². The summed E-state index contributed by atoms with van der Waals surface area (Å²) < 4.78 is 2.21.